The minimum atomic E-state index is 0.712. The van der Waals surface area contributed by atoms with E-state index in [0.29, 0.717) is 4.75 Å². The smallest absolute Gasteiger partial charge is 0.0466 e. The number of hydrogen-bond acceptors (Lipinski definition) is 2. The van der Waals surface area contributed by atoms with E-state index in [2.05, 4.69) is 11.8 Å². The number of ether oxygens (including phenoxy) is 1. The van der Waals surface area contributed by atoms with E-state index in [1.807, 2.05) is 0 Å². The first-order chi connectivity index (χ1) is 5.41. The summed E-state index contributed by atoms with van der Waals surface area (Å²) in [6.45, 7) is 2.00. The molecule has 0 amide bonds. The largest absolute Gasteiger partial charge is 0.381 e. The van der Waals surface area contributed by atoms with Gasteiger partial charge in [-0.2, -0.15) is 11.8 Å². The standard InChI is InChI=1S/C9H16OS/c1-3-9(5-8-11-9)4-2-7-10-6-1/h1-8H2. The van der Waals surface area contributed by atoms with Gasteiger partial charge in [0.1, 0.15) is 0 Å². The Morgan fingerprint density at radius 3 is 2.09 bits per heavy atom. The summed E-state index contributed by atoms with van der Waals surface area (Å²) in [4.78, 5) is 0. The molecule has 2 heteroatoms. The molecule has 0 saturated carbocycles. The van der Waals surface area contributed by atoms with Gasteiger partial charge in [-0.25, -0.2) is 0 Å². The predicted molar refractivity (Wildman–Crippen MR) is 49.1 cm³/mol. The average molecular weight is 172 g/mol. The van der Waals surface area contributed by atoms with Crippen molar-refractivity contribution in [2.45, 2.75) is 36.9 Å². The third-order valence-electron chi connectivity index (χ3n) is 2.81. The van der Waals surface area contributed by atoms with Crippen molar-refractivity contribution in [2.24, 2.45) is 0 Å². The highest BCUT2D eigenvalue weighted by Gasteiger charge is 2.36. The molecule has 0 N–H and O–H groups in total. The second-order valence-electron chi connectivity index (χ2n) is 3.60. The van der Waals surface area contributed by atoms with Crippen molar-refractivity contribution < 1.29 is 4.74 Å². The molecule has 0 bridgehead atoms. The van der Waals surface area contributed by atoms with Crippen LogP contribution in [0.5, 0.6) is 0 Å². The second kappa shape index (κ2) is 3.36. The Morgan fingerprint density at radius 1 is 1.00 bits per heavy atom. The highest BCUT2D eigenvalue weighted by atomic mass is 32.2. The van der Waals surface area contributed by atoms with E-state index in [9.17, 15) is 0 Å². The predicted octanol–water partition coefficient (Wildman–Crippen LogP) is 2.45. The quantitative estimate of drug-likeness (QED) is 0.555. The van der Waals surface area contributed by atoms with Crippen molar-refractivity contribution in [3.63, 3.8) is 0 Å². The van der Waals surface area contributed by atoms with Crippen molar-refractivity contribution in [1.82, 2.24) is 0 Å². The fourth-order valence-corrected chi connectivity index (χ4v) is 3.36. The van der Waals surface area contributed by atoms with Crippen molar-refractivity contribution in [3.8, 4) is 0 Å². The summed E-state index contributed by atoms with van der Waals surface area (Å²) < 4.78 is 6.14. The maximum Gasteiger partial charge on any atom is 0.0466 e. The summed E-state index contributed by atoms with van der Waals surface area (Å²) in [6, 6.07) is 0. The van der Waals surface area contributed by atoms with Gasteiger partial charge in [0, 0.05) is 18.0 Å². The first-order valence-electron chi connectivity index (χ1n) is 4.63. The van der Waals surface area contributed by atoms with Gasteiger partial charge in [-0.3, -0.25) is 0 Å². The van der Waals surface area contributed by atoms with E-state index in [1.54, 1.807) is 0 Å². The Bertz CT molecular complexity index is 122. The third-order valence-corrected chi connectivity index (χ3v) is 4.44. The van der Waals surface area contributed by atoms with Gasteiger partial charge in [-0.1, -0.05) is 0 Å². The van der Waals surface area contributed by atoms with Crippen LogP contribution >= 0.6 is 11.8 Å². The summed E-state index contributed by atoms with van der Waals surface area (Å²) in [5, 5.41) is 0. The molecule has 2 heterocycles. The SMILES string of the molecule is C1COCCCC2(C1)CCS2. The third kappa shape index (κ3) is 1.73. The van der Waals surface area contributed by atoms with Gasteiger partial charge in [-0.05, 0) is 37.9 Å². The highest BCUT2D eigenvalue weighted by molar-refractivity contribution is 8.02. The Hall–Kier alpha value is 0.310. The number of hydrogen-bond donors (Lipinski definition) is 0. The summed E-state index contributed by atoms with van der Waals surface area (Å²) in [6.07, 6.45) is 6.84. The van der Waals surface area contributed by atoms with Gasteiger partial charge < -0.3 is 4.74 Å². The zero-order chi connectivity index (χ0) is 7.57. The minimum absolute atomic E-state index is 0.712. The summed E-state index contributed by atoms with van der Waals surface area (Å²) >= 11 is 2.20. The fraction of sp³-hybridized carbons (Fsp3) is 1.00. The summed E-state index contributed by atoms with van der Waals surface area (Å²) in [5.41, 5.74) is 0. The van der Waals surface area contributed by atoms with Crippen LogP contribution in [-0.2, 0) is 4.74 Å². The molecule has 0 radical (unpaired) electrons. The Labute approximate surface area is 72.9 Å². The fourth-order valence-electron chi connectivity index (χ4n) is 2.00. The molecule has 0 atom stereocenters. The van der Waals surface area contributed by atoms with E-state index >= 15 is 0 Å². The first-order valence-corrected chi connectivity index (χ1v) is 5.62. The van der Waals surface area contributed by atoms with Crippen molar-refractivity contribution in [2.75, 3.05) is 19.0 Å². The van der Waals surface area contributed by atoms with E-state index < -0.39 is 0 Å². The zero-order valence-corrected chi connectivity index (χ0v) is 7.79. The molecular formula is C9H16OS. The van der Waals surface area contributed by atoms with Crippen LogP contribution in [0.25, 0.3) is 0 Å². The maximum atomic E-state index is 5.43. The van der Waals surface area contributed by atoms with Gasteiger partial charge in [0.05, 0.1) is 0 Å². The molecule has 0 aromatic rings. The molecule has 2 rings (SSSR count). The molecule has 0 aromatic heterocycles. The van der Waals surface area contributed by atoms with Crippen LogP contribution in [0.4, 0.5) is 0 Å². The molecule has 1 nitrogen and oxygen atoms in total. The van der Waals surface area contributed by atoms with Crippen LogP contribution in [0.15, 0.2) is 0 Å². The Kier molecular flexibility index (Phi) is 2.42. The average Bonchev–Trinajstić information content (AvgIpc) is 1.82. The molecule has 2 fully saturated rings. The van der Waals surface area contributed by atoms with Crippen LogP contribution < -0.4 is 0 Å². The van der Waals surface area contributed by atoms with Gasteiger partial charge in [0.2, 0.25) is 0 Å². The lowest BCUT2D eigenvalue weighted by Gasteiger charge is -2.42. The Morgan fingerprint density at radius 2 is 1.64 bits per heavy atom. The van der Waals surface area contributed by atoms with Gasteiger partial charge >= 0.3 is 0 Å². The van der Waals surface area contributed by atoms with Gasteiger partial charge in [-0.15, -0.1) is 0 Å². The van der Waals surface area contributed by atoms with Crippen LogP contribution in [-0.4, -0.2) is 23.7 Å². The number of rotatable bonds is 0. The zero-order valence-electron chi connectivity index (χ0n) is 6.97. The van der Waals surface area contributed by atoms with Crippen LogP contribution in [0.3, 0.4) is 0 Å². The summed E-state index contributed by atoms with van der Waals surface area (Å²) in [7, 11) is 0. The lowest BCUT2D eigenvalue weighted by molar-refractivity contribution is 0.107. The topological polar surface area (TPSA) is 9.23 Å². The molecule has 0 unspecified atom stereocenters. The van der Waals surface area contributed by atoms with Crippen molar-refractivity contribution in [1.29, 1.82) is 0 Å². The molecule has 0 aromatic carbocycles. The Balaban J connectivity index is 1.86. The van der Waals surface area contributed by atoms with Gasteiger partial charge in [0.25, 0.3) is 0 Å². The molecule has 2 saturated heterocycles. The van der Waals surface area contributed by atoms with E-state index in [1.165, 1.54) is 37.9 Å². The molecule has 1 spiro atoms. The van der Waals surface area contributed by atoms with Crippen molar-refractivity contribution >= 4 is 11.8 Å². The molecular weight excluding hydrogens is 156 g/mol. The molecule has 2 aliphatic heterocycles. The van der Waals surface area contributed by atoms with Gasteiger partial charge in [0.15, 0.2) is 0 Å². The van der Waals surface area contributed by atoms with Crippen LogP contribution in [0.2, 0.25) is 0 Å². The van der Waals surface area contributed by atoms with Crippen molar-refractivity contribution in [3.05, 3.63) is 0 Å². The highest BCUT2D eigenvalue weighted by Crippen LogP contribution is 2.47. The number of thioether (sulfide) groups is 1. The normalized spacial score (nSPS) is 30.5. The molecule has 11 heavy (non-hydrogen) atoms. The minimum Gasteiger partial charge on any atom is -0.381 e. The van der Waals surface area contributed by atoms with E-state index in [0.717, 1.165) is 13.2 Å². The van der Waals surface area contributed by atoms with E-state index in [-0.39, 0.29) is 0 Å². The second-order valence-corrected chi connectivity index (χ2v) is 5.16. The molecule has 2 aliphatic rings. The molecule has 64 valence electrons. The summed E-state index contributed by atoms with van der Waals surface area (Å²) in [5.74, 6) is 1.40. The first kappa shape index (κ1) is 7.93. The lowest BCUT2D eigenvalue weighted by atomic mass is 9.92. The maximum absolute atomic E-state index is 5.43. The van der Waals surface area contributed by atoms with Crippen LogP contribution in [0, 0.1) is 0 Å². The van der Waals surface area contributed by atoms with E-state index in [4.69, 9.17) is 4.74 Å². The lowest BCUT2D eigenvalue weighted by Crippen LogP contribution is -2.36. The molecule has 0 aliphatic carbocycles. The monoisotopic (exact) mass is 172 g/mol. The van der Waals surface area contributed by atoms with Crippen LogP contribution in [0.1, 0.15) is 32.1 Å².